The molecule has 206 valence electrons. The van der Waals surface area contributed by atoms with E-state index in [2.05, 4.69) is 41.0 Å². The monoisotopic (exact) mass is 569 g/mol. The van der Waals surface area contributed by atoms with Gasteiger partial charge in [-0.3, -0.25) is 19.6 Å². The predicted molar refractivity (Wildman–Crippen MR) is 138 cm³/mol. The van der Waals surface area contributed by atoms with Crippen LogP contribution in [0.1, 0.15) is 44.8 Å². The maximum Gasteiger partial charge on any atom is 0.416 e. The second-order valence-corrected chi connectivity index (χ2v) is 9.88. The molecular weight excluding hydrogens is 547 g/mol. The number of hydrogen-bond acceptors (Lipinski definition) is 10. The number of amides is 2. The number of alkyl halides is 3. The summed E-state index contributed by atoms with van der Waals surface area (Å²) in [6.07, 6.45) is -0.904. The van der Waals surface area contributed by atoms with Gasteiger partial charge in [-0.1, -0.05) is 17.4 Å². The summed E-state index contributed by atoms with van der Waals surface area (Å²) in [6, 6.07) is 10.6. The Labute approximate surface area is 229 Å². The number of carbonyl (C=O) groups excluding carboxylic acids is 2. The van der Waals surface area contributed by atoms with Gasteiger partial charge in [-0.05, 0) is 42.8 Å². The average Bonchev–Trinajstić information content (AvgIpc) is 3.63. The van der Waals surface area contributed by atoms with E-state index >= 15 is 0 Å². The number of pyridine rings is 2. The number of anilines is 2. The second-order valence-electron chi connectivity index (χ2n) is 8.93. The minimum absolute atomic E-state index is 0.0685. The Balaban J connectivity index is 1.12. The summed E-state index contributed by atoms with van der Waals surface area (Å²) >= 11 is 1.09. The number of nitrogens with one attached hydrogen (secondary N) is 2. The van der Waals surface area contributed by atoms with Gasteiger partial charge in [0, 0.05) is 37.1 Å². The lowest BCUT2D eigenvalue weighted by Crippen LogP contribution is -2.23. The lowest BCUT2D eigenvalue weighted by atomic mass is 10.1. The molecule has 1 fully saturated rings. The predicted octanol–water partition coefficient (Wildman–Crippen LogP) is 3.24. The Bertz CT molecular complexity index is 1480. The van der Waals surface area contributed by atoms with Crippen molar-refractivity contribution in [3.63, 3.8) is 0 Å². The van der Waals surface area contributed by atoms with Crippen molar-refractivity contribution >= 4 is 34.1 Å². The summed E-state index contributed by atoms with van der Waals surface area (Å²) in [4.78, 5) is 34.7. The normalized spacial score (nSPS) is 15.2. The molecule has 5 heterocycles. The van der Waals surface area contributed by atoms with Crippen LogP contribution in [0.15, 0.2) is 54.9 Å². The highest BCUT2D eigenvalue weighted by molar-refractivity contribution is 7.17. The van der Waals surface area contributed by atoms with E-state index in [-0.39, 0.29) is 35.5 Å². The Hall–Kier alpha value is -4.53. The summed E-state index contributed by atoms with van der Waals surface area (Å²) in [5.74, 6) is -0.376. The molecule has 1 atom stereocenters. The third-order valence-electron chi connectivity index (χ3n) is 6.08. The first-order valence-electron chi connectivity index (χ1n) is 12.2. The van der Waals surface area contributed by atoms with Crippen molar-refractivity contribution in [1.82, 2.24) is 35.7 Å². The fourth-order valence-corrected chi connectivity index (χ4v) is 4.89. The van der Waals surface area contributed by atoms with Gasteiger partial charge in [0.2, 0.25) is 16.0 Å². The largest absolute Gasteiger partial charge is 0.416 e. The molecule has 2 amide bonds. The van der Waals surface area contributed by atoms with Gasteiger partial charge in [-0.25, -0.2) is 0 Å². The van der Waals surface area contributed by atoms with E-state index in [1.807, 2.05) is 17.0 Å². The van der Waals surface area contributed by atoms with Gasteiger partial charge in [0.15, 0.2) is 5.82 Å². The first kappa shape index (κ1) is 27.1. The molecule has 5 rings (SSSR count). The first-order chi connectivity index (χ1) is 19.2. The van der Waals surface area contributed by atoms with E-state index in [9.17, 15) is 22.8 Å². The molecule has 2 N–H and O–H groups in total. The van der Waals surface area contributed by atoms with Crippen LogP contribution in [0.3, 0.4) is 0 Å². The van der Waals surface area contributed by atoms with E-state index in [0.717, 1.165) is 41.8 Å². The van der Waals surface area contributed by atoms with Gasteiger partial charge < -0.3 is 15.5 Å². The van der Waals surface area contributed by atoms with E-state index in [1.54, 1.807) is 24.4 Å². The minimum Gasteiger partial charge on any atom is -0.346 e. The molecule has 0 unspecified atom stereocenters. The first-order valence-corrected chi connectivity index (χ1v) is 13.0. The molecule has 0 radical (unpaired) electrons. The minimum atomic E-state index is -4.49. The number of hydrogen-bond donors (Lipinski definition) is 2. The van der Waals surface area contributed by atoms with E-state index in [0.29, 0.717) is 29.7 Å². The lowest BCUT2D eigenvalue weighted by Gasteiger charge is -2.14. The molecule has 0 spiro atoms. The average molecular weight is 570 g/mol. The van der Waals surface area contributed by atoms with Crippen molar-refractivity contribution in [2.24, 2.45) is 0 Å². The fraction of sp³-hybridized carbons (Fsp3) is 0.280. The van der Waals surface area contributed by atoms with Crippen LogP contribution < -0.4 is 15.5 Å². The summed E-state index contributed by atoms with van der Waals surface area (Å²) in [7, 11) is 0. The van der Waals surface area contributed by atoms with Crippen LogP contribution in [0.4, 0.5) is 24.1 Å². The second kappa shape index (κ2) is 11.7. The highest BCUT2D eigenvalue weighted by Crippen LogP contribution is 2.32. The van der Waals surface area contributed by atoms with Crippen LogP contribution in [-0.4, -0.2) is 55.3 Å². The molecule has 4 aromatic heterocycles. The van der Waals surface area contributed by atoms with E-state index in [4.69, 9.17) is 0 Å². The Morgan fingerprint density at radius 1 is 1.00 bits per heavy atom. The number of carbonyl (C=O) groups is 2. The van der Waals surface area contributed by atoms with Gasteiger partial charge in [0.25, 0.3) is 5.91 Å². The number of halogens is 3. The molecule has 0 aromatic carbocycles. The van der Waals surface area contributed by atoms with Crippen LogP contribution in [0.25, 0.3) is 0 Å². The molecule has 0 bridgehead atoms. The molecule has 0 saturated carbocycles. The Morgan fingerprint density at radius 3 is 2.60 bits per heavy atom. The molecule has 1 aliphatic heterocycles. The number of aromatic nitrogens is 6. The van der Waals surface area contributed by atoms with Crippen LogP contribution in [-0.2, 0) is 23.9 Å². The molecule has 1 aliphatic rings. The molecule has 40 heavy (non-hydrogen) atoms. The van der Waals surface area contributed by atoms with Crippen molar-refractivity contribution in [1.29, 1.82) is 0 Å². The third-order valence-corrected chi connectivity index (χ3v) is 7.06. The van der Waals surface area contributed by atoms with Crippen molar-refractivity contribution in [3.8, 4) is 0 Å². The molecular formula is C25H22F3N9O2S. The van der Waals surface area contributed by atoms with E-state index < -0.39 is 17.6 Å². The summed E-state index contributed by atoms with van der Waals surface area (Å²) in [5.41, 5.74) is 0.662. The smallest absolute Gasteiger partial charge is 0.346 e. The van der Waals surface area contributed by atoms with Crippen molar-refractivity contribution in [3.05, 3.63) is 82.5 Å². The molecule has 11 nitrogen and oxygen atoms in total. The Kier molecular flexibility index (Phi) is 7.91. The lowest BCUT2D eigenvalue weighted by molar-refractivity contribution is -0.137. The van der Waals surface area contributed by atoms with Gasteiger partial charge in [0.1, 0.15) is 0 Å². The van der Waals surface area contributed by atoms with Crippen LogP contribution in [0, 0.1) is 0 Å². The summed E-state index contributed by atoms with van der Waals surface area (Å²) < 4.78 is 38.7. The highest BCUT2D eigenvalue weighted by Gasteiger charge is 2.31. The standard InChI is InChI=1S/C25H22F3N9O2S/c26-25(27,28)16-6-9-30-18(11-16)13-31-22(39)23-35-36-24(40-23)37-10-7-15(14-37)19-4-5-20(34-33-19)32-21(38)12-17-3-1-2-8-29-17/h1-6,8-9,11,15H,7,10,12-14H2,(H,31,39)(H,32,34,38)/t15-/m1/s1. The number of rotatable bonds is 8. The molecule has 4 aromatic rings. The van der Waals surface area contributed by atoms with Gasteiger partial charge >= 0.3 is 6.18 Å². The highest BCUT2D eigenvalue weighted by atomic mass is 32.1. The van der Waals surface area contributed by atoms with Crippen LogP contribution in [0.5, 0.6) is 0 Å². The maximum absolute atomic E-state index is 12.9. The zero-order valence-corrected chi connectivity index (χ0v) is 21.6. The van der Waals surface area contributed by atoms with E-state index in [1.165, 1.54) is 0 Å². The van der Waals surface area contributed by atoms with Gasteiger partial charge in [-0.15, -0.1) is 15.3 Å². The fourth-order valence-electron chi connectivity index (χ4n) is 4.09. The van der Waals surface area contributed by atoms with Crippen LogP contribution >= 0.6 is 11.3 Å². The van der Waals surface area contributed by atoms with Crippen molar-refractivity contribution in [2.45, 2.75) is 31.5 Å². The van der Waals surface area contributed by atoms with Gasteiger partial charge in [-0.2, -0.15) is 18.3 Å². The zero-order chi connectivity index (χ0) is 28.1. The quantitative estimate of drug-likeness (QED) is 0.327. The summed E-state index contributed by atoms with van der Waals surface area (Å²) in [6.45, 7) is 1.07. The SMILES string of the molecule is O=C(Cc1ccccn1)Nc1ccc([C@@H]2CCN(c3nnc(C(=O)NCc4cc(C(F)(F)F)ccn4)s3)C2)nn1. The zero-order valence-electron chi connectivity index (χ0n) is 20.8. The third kappa shape index (κ3) is 6.72. The molecule has 15 heteroatoms. The van der Waals surface area contributed by atoms with Crippen LogP contribution in [0.2, 0.25) is 0 Å². The molecule has 1 saturated heterocycles. The van der Waals surface area contributed by atoms with Crippen molar-refractivity contribution < 1.29 is 22.8 Å². The van der Waals surface area contributed by atoms with Crippen molar-refractivity contribution in [2.75, 3.05) is 23.3 Å². The number of nitrogens with zero attached hydrogens (tertiary/aromatic N) is 7. The molecule has 0 aliphatic carbocycles. The Morgan fingerprint density at radius 2 is 1.85 bits per heavy atom. The topological polar surface area (TPSA) is 139 Å². The summed E-state index contributed by atoms with van der Waals surface area (Å²) in [5, 5.41) is 22.3. The van der Waals surface area contributed by atoms with Gasteiger partial charge in [0.05, 0.1) is 29.9 Å². The maximum atomic E-state index is 12.9.